The van der Waals surface area contributed by atoms with E-state index in [0.29, 0.717) is 11.3 Å². The highest BCUT2D eigenvalue weighted by Crippen LogP contribution is 2.06. The van der Waals surface area contributed by atoms with Crippen LogP contribution >= 0.6 is 0 Å². The van der Waals surface area contributed by atoms with Gasteiger partial charge >= 0.3 is 12.0 Å². The van der Waals surface area contributed by atoms with E-state index in [1.54, 1.807) is 42.5 Å². The molecule has 3 N–H and O–H groups in total. The van der Waals surface area contributed by atoms with E-state index in [2.05, 4.69) is 10.0 Å². The minimum atomic E-state index is -3.89. The van der Waals surface area contributed by atoms with E-state index in [1.165, 1.54) is 13.0 Å². The van der Waals surface area contributed by atoms with Crippen molar-refractivity contribution in [2.45, 2.75) is 20.0 Å². The van der Waals surface area contributed by atoms with Crippen molar-refractivity contribution in [3.8, 4) is 0 Å². The van der Waals surface area contributed by atoms with Gasteiger partial charge in [0, 0.05) is 11.1 Å². The molecule has 0 aliphatic carbocycles. The Morgan fingerprint density at radius 1 is 1.03 bits per heavy atom. The highest BCUT2D eigenvalue weighted by Gasteiger charge is 2.20. The summed E-state index contributed by atoms with van der Waals surface area (Å²) in [4.78, 5) is 35.6. The second-order valence-electron chi connectivity index (χ2n) is 6.52. The van der Waals surface area contributed by atoms with E-state index in [4.69, 9.17) is 4.74 Å². The third-order valence-corrected chi connectivity index (χ3v) is 4.92. The van der Waals surface area contributed by atoms with Crippen LogP contribution in [0.15, 0.2) is 60.0 Å². The number of nitrogens with one attached hydrogen (secondary N) is 3. The number of esters is 1. The Morgan fingerprint density at radius 3 is 2.32 bits per heavy atom. The number of carbonyl (C=O) groups excluding carboxylic acids is 3. The number of hydrogen-bond acceptors (Lipinski definition) is 6. The molecular formula is C21H23N3O6S. The summed E-state index contributed by atoms with van der Waals surface area (Å²) in [5.74, 6) is -1.83. The van der Waals surface area contributed by atoms with Crippen LogP contribution in [0.25, 0.3) is 6.08 Å². The van der Waals surface area contributed by atoms with Crippen molar-refractivity contribution in [2.75, 3.05) is 11.9 Å². The average molecular weight is 445 g/mol. The number of anilines is 1. The fourth-order valence-electron chi connectivity index (χ4n) is 2.24. The molecule has 2 aromatic carbocycles. The summed E-state index contributed by atoms with van der Waals surface area (Å²) in [5, 5.41) is 5.40. The predicted octanol–water partition coefficient (Wildman–Crippen LogP) is 2.17. The first-order valence-electron chi connectivity index (χ1n) is 9.25. The van der Waals surface area contributed by atoms with Crippen LogP contribution in [-0.2, 0) is 24.3 Å². The monoisotopic (exact) mass is 445 g/mol. The maximum Gasteiger partial charge on any atom is 0.325 e. The zero-order valence-corrected chi connectivity index (χ0v) is 17.8. The summed E-state index contributed by atoms with van der Waals surface area (Å²) in [6.07, 6.45) is 0.0794. The van der Waals surface area contributed by atoms with Crippen LogP contribution in [0.2, 0.25) is 0 Å². The maximum absolute atomic E-state index is 12.0. The lowest BCUT2D eigenvalue weighted by Gasteiger charge is -2.13. The molecule has 31 heavy (non-hydrogen) atoms. The average Bonchev–Trinajstić information content (AvgIpc) is 2.72. The molecule has 0 heterocycles. The number of urea groups is 1. The van der Waals surface area contributed by atoms with Crippen LogP contribution in [0.5, 0.6) is 0 Å². The molecule has 9 nitrogen and oxygen atoms in total. The fraction of sp³-hybridized carbons (Fsp3) is 0.190. The quantitative estimate of drug-likeness (QED) is 0.534. The summed E-state index contributed by atoms with van der Waals surface area (Å²) < 4.78 is 30.9. The lowest BCUT2D eigenvalue weighted by Crippen LogP contribution is -2.42. The summed E-state index contributed by atoms with van der Waals surface area (Å²) in [7, 11) is -3.89. The molecule has 0 radical (unpaired) electrons. The first-order chi connectivity index (χ1) is 14.6. The van der Waals surface area contributed by atoms with E-state index in [-0.39, 0.29) is 0 Å². The summed E-state index contributed by atoms with van der Waals surface area (Å²) in [6.45, 7) is 2.50. The number of carbonyl (C=O) groups is 3. The van der Waals surface area contributed by atoms with Crippen LogP contribution in [0.1, 0.15) is 18.1 Å². The second-order valence-corrected chi connectivity index (χ2v) is 8.17. The summed E-state index contributed by atoms with van der Waals surface area (Å²) in [5.41, 5.74) is 2.19. The van der Waals surface area contributed by atoms with Crippen molar-refractivity contribution in [3.63, 3.8) is 0 Å². The van der Waals surface area contributed by atoms with Crippen molar-refractivity contribution in [1.82, 2.24) is 10.0 Å². The Hall–Kier alpha value is -3.50. The van der Waals surface area contributed by atoms with Crippen molar-refractivity contribution in [3.05, 3.63) is 71.1 Å². The van der Waals surface area contributed by atoms with Crippen LogP contribution in [0, 0.1) is 6.92 Å². The number of benzene rings is 2. The van der Waals surface area contributed by atoms with Gasteiger partial charge in [0.15, 0.2) is 6.10 Å². The number of sulfonamides is 1. The van der Waals surface area contributed by atoms with Gasteiger partial charge in [0.1, 0.15) is 6.54 Å². The minimum absolute atomic E-state index is 0.477. The smallest absolute Gasteiger partial charge is 0.325 e. The van der Waals surface area contributed by atoms with E-state index >= 15 is 0 Å². The molecule has 0 fully saturated rings. The maximum atomic E-state index is 12.0. The van der Waals surface area contributed by atoms with Gasteiger partial charge in [0.05, 0.1) is 0 Å². The number of aryl methyl sites for hydroxylation is 1. The molecule has 0 spiro atoms. The molecule has 0 aromatic heterocycles. The van der Waals surface area contributed by atoms with Gasteiger partial charge in [-0.3, -0.25) is 14.9 Å². The number of amides is 3. The Balaban J connectivity index is 1.78. The van der Waals surface area contributed by atoms with Crippen LogP contribution in [0.4, 0.5) is 10.5 Å². The molecule has 0 saturated heterocycles. The zero-order chi connectivity index (χ0) is 22.9. The second kappa shape index (κ2) is 11.0. The van der Waals surface area contributed by atoms with Gasteiger partial charge < -0.3 is 10.1 Å². The molecule has 2 aromatic rings. The Bertz CT molecular complexity index is 1050. The Kier molecular flexibility index (Phi) is 8.47. The highest BCUT2D eigenvalue weighted by atomic mass is 32.2. The number of ether oxygens (including phenoxy) is 1. The van der Waals surface area contributed by atoms with Gasteiger partial charge in [-0.05, 0) is 37.6 Å². The first kappa shape index (κ1) is 23.8. The Labute approximate surface area is 180 Å². The number of imide groups is 1. The third-order valence-electron chi connectivity index (χ3n) is 3.88. The first-order valence-corrected chi connectivity index (χ1v) is 10.8. The van der Waals surface area contributed by atoms with Gasteiger partial charge in [-0.2, -0.15) is 0 Å². The number of rotatable bonds is 8. The number of para-hydroxylation sites is 1. The molecule has 0 aliphatic heterocycles. The van der Waals surface area contributed by atoms with Gasteiger partial charge in [0.2, 0.25) is 10.0 Å². The van der Waals surface area contributed by atoms with E-state index < -0.39 is 40.6 Å². The number of hydrogen-bond donors (Lipinski definition) is 3. The molecule has 1 unspecified atom stereocenters. The fourth-order valence-corrected chi connectivity index (χ4v) is 2.99. The normalized spacial score (nSPS) is 12.2. The minimum Gasteiger partial charge on any atom is -0.452 e. The van der Waals surface area contributed by atoms with Crippen molar-refractivity contribution >= 4 is 39.7 Å². The Morgan fingerprint density at radius 2 is 1.68 bits per heavy atom. The molecular weight excluding hydrogens is 422 g/mol. The molecule has 0 bridgehead atoms. The zero-order valence-electron chi connectivity index (χ0n) is 17.0. The molecule has 2 rings (SSSR count). The highest BCUT2D eigenvalue weighted by molar-refractivity contribution is 7.92. The van der Waals surface area contributed by atoms with Crippen LogP contribution < -0.4 is 15.4 Å². The van der Waals surface area contributed by atoms with E-state index in [1.807, 2.05) is 24.4 Å². The molecule has 164 valence electrons. The third kappa shape index (κ3) is 8.81. The largest absolute Gasteiger partial charge is 0.452 e. The van der Waals surface area contributed by atoms with E-state index in [0.717, 1.165) is 11.0 Å². The molecule has 10 heteroatoms. The predicted molar refractivity (Wildman–Crippen MR) is 116 cm³/mol. The summed E-state index contributed by atoms with van der Waals surface area (Å²) >= 11 is 0. The van der Waals surface area contributed by atoms with Crippen molar-refractivity contribution < 1.29 is 27.5 Å². The molecule has 1 atom stereocenters. The SMILES string of the molecule is Cc1ccc(/C=C/S(=O)(=O)NCC(=O)OC(C)C(=O)NC(=O)Nc2ccccc2)cc1. The van der Waals surface area contributed by atoms with Gasteiger partial charge in [-0.15, -0.1) is 0 Å². The van der Waals surface area contributed by atoms with Crippen molar-refractivity contribution in [2.24, 2.45) is 0 Å². The van der Waals surface area contributed by atoms with Crippen molar-refractivity contribution in [1.29, 1.82) is 0 Å². The van der Waals surface area contributed by atoms with Gasteiger partial charge in [-0.1, -0.05) is 48.0 Å². The van der Waals surface area contributed by atoms with Gasteiger partial charge in [-0.25, -0.2) is 17.9 Å². The lowest BCUT2D eigenvalue weighted by atomic mass is 10.2. The molecule has 0 saturated carbocycles. The van der Waals surface area contributed by atoms with Crippen LogP contribution in [0.3, 0.4) is 0 Å². The standard InChI is InChI=1S/C21H23N3O6S/c1-15-8-10-17(11-9-15)12-13-31(28,29)22-14-19(25)30-16(2)20(26)24-21(27)23-18-6-4-3-5-7-18/h3-13,16,22H,14H2,1-2H3,(H2,23,24,26,27)/b13-12+. The van der Waals surface area contributed by atoms with Crippen LogP contribution in [-0.4, -0.2) is 39.0 Å². The lowest BCUT2D eigenvalue weighted by molar-refractivity contribution is -0.153. The summed E-state index contributed by atoms with van der Waals surface area (Å²) in [6, 6.07) is 14.8. The van der Waals surface area contributed by atoms with Gasteiger partial charge in [0.25, 0.3) is 5.91 Å². The molecule has 3 amide bonds. The van der Waals surface area contributed by atoms with E-state index in [9.17, 15) is 22.8 Å². The topological polar surface area (TPSA) is 131 Å². The molecule has 0 aliphatic rings.